The second kappa shape index (κ2) is 6.02. The first-order chi connectivity index (χ1) is 10.2. The van der Waals surface area contributed by atoms with Crippen molar-refractivity contribution in [2.45, 2.75) is 25.3 Å². The van der Waals surface area contributed by atoms with E-state index in [1.54, 1.807) is 0 Å². The van der Waals surface area contributed by atoms with Gasteiger partial charge in [-0.25, -0.2) is 4.98 Å². The van der Waals surface area contributed by atoms with Crippen LogP contribution in [0.1, 0.15) is 31.1 Å². The SMILES string of the molecule is CN1CCN(C(=O)[C@H]2CC=CCC2)C[C@@H]1c1nccn1C. The van der Waals surface area contributed by atoms with E-state index in [4.69, 9.17) is 0 Å². The fourth-order valence-corrected chi connectivity index (χ4v) is 3.33. The lowest BCUT2D eigenvalue weighted by Gasteiger charge is -2.40. The van der Waals surface area contributed by atoms with Crippen LogP contribution in [0.25, 0.3) is 0 Å². The van der Waals surface area contributed by atoms with Gasteiger partial charge in [0.25, 0.3) is 0 Å². The van der Waals surface area contributed by atoms with Crippen molar-refractivity contribution in [3.63, 3.8) is 0 Å². The second-order valence-corrected chi connectivity index (χ2v) is 6.16. The second-order valence-electron chi connectivity index (χ2n) is 6.16. The number of nitrogens with zero attached hydrogens (tertiary/aromatic N) is 4. The zero-order valence-corrected chi connectivity index (χ0v) is 12.9. The zero-order chi connectivity index (χ0) is 14.8. The van der Waals surface area contributed by atoms with Gasteiger partial charge in [-0.3, -0.25) is 9.69 Å². The van der Waals surface area contributed by atoms with Gasteiger partial charge in [0.2, 0.25) is 5.91 Å². The summed E-state index contributed by atoms with van der Waals surface area (Å²) in [5.41, 5.74) is 0. The van der Waals surface area contributed by atoms with E-state index in [9.17, 15) is 4.79 Å². The van der Waals surface area contributed by atoms with Crippen molar-refractivity contribution in [1.82, 2.24) is 19.4 Å². The molecule has 2 heterocycles. The third-order valence-corrected chi connectivity index (χ3v) is 4.73. The molecule has 2 aliphatic rings. The molecule has 1 aliphatic carbocycles. The topological polar surface area (TPSA) is 41.4 Å². The summed E-state index contributed by atoms with van der Waals surface area (Å²) < 4.78 is 2.05. The average Bonchev–Trinajstić information content (AvgIpc) is 2.94. The summed E-state index contributed by atoms with van der Waals surface area (Å²) in [5.74, 6) is 1.55. The molecule has 0 bridgehead atoms. The Morgan fingerprint density at radius 1 is 1.29 bits per heavy atom. The summed E-state index contributed by atoms with van der Waals surface area (Å²) in [6.45, 7) is 2.49. The Morgan fingerprint density at radius 3 is 2.81 bits per heavy atom. The summed E-state index contributed by atoms with van der Waals surface area (Å²) in [7, 11) is 4.13. The third-order valence-electron chi connectivity index (χ3n) is 4.73. The normalized spacial score (nSPS) is 27.0. The Kier molecular flexibility index (Phi) is 4.10. The molecule has 1 aromatic rings. The Balaban J connectivity index is 1.72. The number of imidazole rings is 1. The van der Waals surface area contributed by atoms with E-state index in [2.05, 4.69) is 33.7 Å². The first-order valence-corrected chi connectivity index (χ1v) is 7.78. The minimum absolute atomic E-state index is 0.181. The van der Waals surface area contributed by atoms with Gasteiger partial charge in [-0.2, -0.15) is 0 Å². The smallest absolute Gasteiger partial charge is 0.226 e. The number of carbonyl (C=O) groups excluding carboxylic acids is 1. The van der Waals surface area contributed by atoms with Crippen LogP contribution < -0.4 is 0 Å². The van der Waals surface area contributed by atoms with Gasteiger partial charge in [0.05, 0.1) is 6.04 Å². The van der Waals surface area contributed by atoms with Gasteiger partial charge < -0.3 is 9.47 Å². The van der Waals surface area contributed by atoms with Gasteiger partial charge >= 0.3 is 0 Å². The minimum Gasteiger partial charge on any atom is -0.339 e. The molecular formula is C16H24N4O. The molecule has 114 valence electrons. The third kappa shape index (κ3) is 2.88. The van der Waals surface area contributed by atoms with E-state index in [-0.39, 0.29) is 12.0 Å². The largest absolute Gasteiger partial charge is 0.339 e. The van der Waals surface area contributed by atoms with E-state index >= 15 is 0 Å². The molecule has 1 fully saturated rings. The number of rotatable bonds is 2. The lowest BCUT2D eigenvalue weighted by atomic mass is 9.92. The Labute approximate surface area is 126 Å². The molecule has 1 aliphatic heterocycles. The first-order valence-electron chi connectivity index (χ1n) is 7.78. The van der Waals surface area contributed by atoms with Crippen LogP contribution in [0.15, 0.2) is 24.5 Å². The number of carbonyl (C=O) groups is 1. The number of amides is 1. The number of likely N-dealkylation sites (N-methyl/N-ethyl adjacent to an activating group) is 1. The maximum absolute atomic E-state index is 12.7. The molecular weight excluding hydrogens is 264 g/mol. The molecule has 0 unspecified atom stereocenters. The molecule has 1 aromatic heterocycles. The minimum atomic E-state index is 0.181. The highest BCUT2D eigenvalue weighted by Crippen LogP contribution is 2.26. The van der Waals surface area contributed by atoms with E-state index in [1.165, 1.54) is 0 Å². The van der Waals surface area contributed by atoms with E-state index in [0.29, 0.717) is 5.91 Å². The summed E-state index contributed by atoms with van der Waals surface area (Å²) in [4.78, 5) is 21.5. The van der Waals surface area contributed by atoms with Crippen molar-refractivity contribution in [1.29, 1.82) is 0 Å². The van der Waals surface area contributed by atoms with Crippen molar-refractivity contribution in [2.75, 3.05) is 26.7 Å². The van der Waals surface area contributed by atoms with Crippen molar-refractivity contribution >= 4 is 5.91 Å². The van der Waals surface area contributed by atoms with Crippen LogP contribution >= 0.6 is 0 Å². The Bertz CT molecular complexity index is 536. The van der Waals surface area contributed by atoms with Crippen LogP contribution in [0, 0.1) is 5.92 Å². The van der Waals surface area contributed by atoms with Crippen LogP contribution in [0.3, 0.4) is 0 Å². The van der Waals surface area contributed by atoms with E-state index in [1.807, 2.05) is 24.3 Å². The Hall–Kier alpha value is -1.62. The predicted octanol–water partition coefficient (Wildman–Crippen LogP) is 1.59. The predicted molar refractivity (Wildman–Crippen MR) is 81.6 cm³/mol. The molecule has 2 atom stereocenters. The number of piperazine rings is 1. The first kappa shape index (κ1) is 14.3. The van der Waals surface area contributed by atoms with Crippen molar-refractivity contribution in [3.05, 3.63) is 30.4 Å². The lowest BCUT2D eigenvalue weighted by molar-refractivity contribution is -0.138. The van der Waals surface area contributed by atoms with E-state index in [0.717, 1.165) is 44.7 Å². The van der Waals surface area contributed by atoms with Crippen LogP contribution in [-0.2, 0) is 11.8 Å². The summed E-state index contributed by atoms with van der Waals surface area (Å²) in [6, 6.07) is 0.196. The van der Waals surface area contributed by atoms with Gasteiger partial charge in [-0.05, 0) is 26.3 Å². The molecule has 5 heteroatoms. The van der Waals surface area contributed by atoms with Crippen LogP contribution in [0.4, 0.5) is 0 Å². The molecule has 1 amide bonds. The molecule has 0 N–H and O–H groups in total. The van der Waals surface area contributed by atoms with Gasteiger partial charge in [-0.1, -0.05) is 12.2 Å². The average molecular weight is 288 g/mol. The number of hydrogen-bond acceptors (Lipinski definition) is 3. The van der Waals surface area contributed by atoms with Gasteiger partial charge in [0, 0.05) is 45.0 Å². The van der Waals surface area contributed by atoms with Crippen LogP contribution in [0.2, 0.25) is 0 Å². The molecule has 0 aromatic carbocycles. The standard InChI is InChI=1S/C16H24N4O/c1-18-10-11-20(16(21)13-6-4-3-5-7-13)12-14(18)15-17-8-9-19(15)2/h3-4,8-9,13-14H,5-7,10-12H2,1-2H3/t13-,14+/m0/s1. The summed E-state index contributed by atoms with van der Waals surface area (Å²) >= 11 is 0. The number of aromatic nitrogens is 2. The van der Waals surface area contributed by atoms with Crippen molar-refractivity contribution in [3.8, 4) is 0 Å². The number of aryl methyl sites for hydroxylation is 1. The molecule has 21 heavy (non-hydrogen) atoms. The maximum Gasteiger partial charge on any atom is 0.226 e. The van der Waals surface area contributed by atoms with E-state index < -0.39 is 0 Å². The Morgan fingerprint density at radius 2 is 2.14 bits per heavy atom. The van der Waals surface area contributed by atoms with Gasteiger partial charge in [0.15, 0.2) is 0 Å². The molecule has 0 spiro atoms. The molecule has 3 rings (SSSR count). The fraction of sp³-hybridized carbons (Fsp3) is 0.625. The molecule has 0 saturated carbocycles. The monoisotopic (exact) mass is 288 g/mol. The quantitative estimate of drug-likeness (QED) is 0.776. The lowest BCUT2D eigenvalue weighted by Crippen LogP contribution is -2.51. The van der Waals surface area contributed by atoms with Crippen LogP contribution in [-0.4, -0.2) is 51.9 Å². The highest BCUT2D eigenvalue weighted by Gasteiger charge is 2.33. The van der Waals surface area contributed by atoms with Crippen molar-refractivity contribution < 1.29 is 4.79 Å². The maximum atomic E-state index is 12.7. The summed E-state index contributed by atoms with van der Waals surface area (Å²) in [6.07, 6.45) is 11.1. The van der Waals surface area contributed by atoms with Crippen molar-refractivity contribution in [2.24, 2.45) is 13.0 Å². The molecule has 1 saturated heterocycles. The zero-order valence-electron chi connectivity index (χ0n) is 12.9. The molecule has 0 radical (unpaired) electrons. The number of allylic oxidation sites excluding steroid dienone is 2. The number of hydrogen-bond donors (Lipinski definition) is 0. The highest BCUT2D eigenvalue weighted by molar-refractivity contribution is 5.79. The van der Waals surface area contributed by atoms with Crippen LogP contribution in [0.5, 0.6) is 0 Å². The van der Waals surface area contributed by atoms with Gasteiger partial charge in [0.1, 0.15) is 5.82 Å². The van der Waals surface area contributed by atoms with Gasteiger partial charge in [-0.15, -0.1) is 0 Å². The summed E-state index contributed by atoms with van der Waals surface area (Å²) in [5, 5.41) is 0. The molecule has 5 nitrogen and oxygen atoms in total. The fourth-order valence-electron chi connectivity index (χ4n) is 3.33. The highest BCUT2D eigenvalue weighted by atomic mass is 16.2.